The Kier molecular flexibility index (Phi) is 3.08. The molecule has 1 saturated carbocycles. The highest BCUT2D eigenvalue weighted by Crippen LogP contribution is 2.38. The van der Waals surface area contributed by atoms with E-state index in [4.69, 9.17) is 0 Å². The monoisotopic (exact) mass is 311 g/mol. The number of fused-ring (bicyclic) bond motifs is 2. The minimum Gasteiger partial charge on any atom is -0.325 e. The summed E-state index contributed by atoms with van der Waals surface area (Å²) in [7, 11) is 0. The fourth-order valence-corrected chi connectivity index (χ4v) is 4.03. The summed E-state index contributed by atoms with van der Waals surface area (Å²) in [6.07, 6.45) is 3.77. The van der Waals surface area contributed by atoms with Crippen molar-refractivity contribution < 1.29 is 9.59 Å². The van der Waals surface area contributed by atoms with Gasteiger partial charge in [0.25, 0.3) is 0 Å². The molecule has 0 aromatic heterocycles. The molecule has 4 rings (SSSR count). The van der Waals surface area contributed by atoms with E-state index in [9.17, 15) is 9.59 Å². The van der Waals surface area contributed by atoms with Crippen LogP contribution in [0.4, 0.5) is 5.69 Å². The Bertz CT molecular complexity index is 736. The van der Waals surface area contributed by atoms with E-state index in [-0.39, 0.29) is 23.7 Å². The van der Waals surface area contributed by atoms with Crippen LogP contribution in [-0.2, 0) is 16.0 Å². The largest absolute Gasteiger partial charge is 0.325 e. The van der Waals surface area contributed by atoms with Crippen molar-refractivity contribution in [1.29, 1.82) is 0 Å². The van der Waals surface area contributed by atoms with E-state index in [1.165, 1.54) is 0 Å². The van der Waals surface area contributed by atoms with Crippen LogP contribution in [0.1, 0.15) is 44.2 Å². The first-order valence-electron chi connectivity index (χ1n) is 8.28. The van der Waals surface area contributed by atoms with E-state index >= 15 is 0 Å². The zero-order valence-corrected chi connectivity index (χ0v) is 13.5. The van der Waals surface area contributed by atoms with Gasteiger partial charge in [0.15, 0.2) is 0 Å². The van der Waals surface area contributed by atoms with E-state index in [1.807, 2.05) is 26.0 Å². The molecule has 0 saturated heterocycles. The zero-order chi connectivity index (χ0) is 16.2. The Morgan fingerprint density at radius 3 is 2.78 bits per heavy atom. The predicted molar refractivity (Wildman–Crippen MR) is 88.1 cm³/mol. The van der Waals surface area contributed by atoms with Gasteiger partial charge in [0.2, 0.25) is 11.8 Å². The number of amides is 2. The van der Waals surface area contributed by atoms with Crippen LogP contribution in [0.5, 0.6) is 0 Å². The van der Waals surface area contributed by atoms with E-state index in [1.54, 1.807) is 0 Å². The maximum absolute atomic E-state index is 12.1. The average molecular weight is 311 g/mol. The van der Waals surface area contributed by atoms with Crippen LogP contribution in [0.15, 0.2) is 23.3 Å². The van der Waals surface area contributed by atoms with Crippen LogP contribution in [0.25, 0.3) is 0 Å². The highest BCUT2D eigenvalue weighted by molar-refractivity contribution is 6.08. The standard InChI is InChI=1S/C18H21N3O2/c1-18(2)9-11-8-10(6-7-14(11)19-17(18)23)15-12-4-3-5-13(12)16(22)21-20-15/h6-8,12-13H,3-5,9H2,1-2H3,(H,19,23)(H,21,22). The number of hydrogen-bond acceptors (Lipinski definition) is 3. The normalized spacial score (nSPS) is 28.3. The van der Waals surface area contributed by atoms with Gasteiger partial charge in [-0.3, -0.25) is 9.59 Å². The van der Waals surface area contributed by atoms with Crippen molar-refractivity contribution in [3.8, 4) is 0 Å². The quantitative estimate of drug-likeness (QED) is 0.836. The molecule has 3 aliphatic rings. The maximum Gasteiger partial charge on any atom is 0.243 e. The second kappa shape index (κ2) is 4.91. The number of rotatable bonds is 1. The van der Waals surface area contributed by atoms with Gasteiger partial charge in [0.05, 0.1) is 5.71 Å². The summed E-state index contributed by atoms with van der Waals surface area (Å²) in [5.41, 5.74) is 6.37. The summed E-state index contributed by atoms with van der Waals surface area (Å²) in [4.78, 5) is 24.0. The van der Waals surface area contributed by atoms with Crippen LogP contribution in [0.2, 0.25) is 0 Å². The number of anilines is 1. The first kappa shape index (κ1) is 14.4. The number of benzene rings is 1. The van der Waals surface area contributed by atoms with E-state index in [0.29, 0.717) is 0 Å². The van der Waals surface area contributed by atoms with Gasteiger partial charge in [-0.25, -0.2) is 5.43 Å². The Hall–Kier alpha value is -2.17. The van der Waals surface area contributed by atoms with Gasteiger partial charge in [0, 0.05) is 22.9 Å². The molecule has 0 spiro atoms. The third-order valence-corrected chi connectivity index (χ3v) is 5.39. The molecule has 1 fully saturated rings. The van der Waals surface area contributed by atoms with E-state index in [0.717, 1.165) is 48.2 Å². The first-order valence-corrected chi connectivity index (χ1v) is 8.28. The summed E-state index contributed by atoms with van der Waals surface area (Å²) >= 11 is 0. The molecule has 5 heteroatoms. The predicted octanol–water partition coefficient (Wildman–Crippen LogP) is 2.46. The van der Waals surface area contributed by atoms with E-state index in [2.05, 4.69) is 21.9 Å². The van der Waals surface area contributed by atoms with Gasteiger partial charge < -0.3 is 5.32 Å². The molecule has 0 radical (unpaired) electrons. The number of carbonyl (C=O) groups excluding carboxylic acids is 2. The van der Waals surface area contributed by atoms with E-state index < -0.39 is 5.41 Å². The Balaban J connectivity index is 1.71. The summed E-state index contributed by atoms with van der Waals surface area (Å²) in [6.45, 7) is 3.92. The smallest absolute Gasteiger partial charge is 0.243 e. The fourth-order valence-electron chi connectivity index (χ4n) is 4.03. The summed E-state index contributed by atoms with van der Waals surface area (Å²) < 4.78 is 0. The molecule has 0 bridgehead atoms. The lowest BCUT2D eigenvalue weighted by Gasteiger charge is -2.31. The maximum atomic E-state index is 12.1. The van der Waals surface area contributed by atoms with Gasteiger partial charge in [-0.15, -0.1) is 0 Å². The third kappa shape index (κ3) is 2.26. The minimum atomic E-state index is -0.399. The lowest BCUT2D eigenvalue weighted by Crippen LogP contribution is -2.40. The fraction of sp³-hybridized carbons (Fsp3) is 0.500. The molecular formula is C18H21N3O2. The van der Waals surface area contributed by atoms with Crippen molar-refractivity contribution in [3.05, 3.63) is 29.3 Å². The molecule has 2 atom stereocenters. The summed E-state index contributed by atoms with van der Waals surface area (Å²) in [5.74, 6) is 0.418. The number of carbonyl (C=O) groups is 2. The molecular weight excluding hydrogens is 290 g/mol. The molecule has 1 aromatic rings. The Morgan fingerprint density at radius 1 is 1.17 bits per heavy atom. The van der Waals surface area contributed by atoms with Gasteiger partial charge in [0.1, 0.15) is 0 Å². The van der Waals surface area contributed by atoms with Crippen LogP contribution < -0.4 is 10.7 Å². The lowest BCUT2D eigenvalue weighted by molar-refractivity contribution is -0.126. The SMILES string of the molecule is CC1(C)Cc2cc(C3=NNC(=O)C4CCCC34)ccc2NC1=O. The van der Waals surface area contributed by atoms with Crippen LogP contribution in [0, 0.1) is 17.3 Å². The molecule has 5 nitrogen and oxygen atoms in total. The Morgan fingerprint density at radius 2 is 1.96 bits per heavy atom. The molecule has 2 aliphatic heterocycles. The third-order valence-electron chi connectivity index (χ3n) is 5.39. The zero-order valence-electron chi connectivity index (χ0n) is 13.5. The highest BCUT2D eigenvalue weighted by atomic mass is 16.2. The van der Waals surface area contributed by atoms with Gasteiger partial charge in [-0.05, 0) is 42.5 Å². The van der Waals surface area contributed by atoms with Crippen LogP contribution >= 0.6 is 0 Å². The summed E-state index contributed by atoms with van der Waals surface area (Å²) in [5, 5.41) is 7.34. The average Bonchev–Trinajstić information content (AvgIpc) is 2.98. The first-order chi connectivity index (χ1) is 11.0. The minimum absolute atomic E-state index is 0.0580. The second-order valence-corrected chi connectivity index (χ2v) is 7.50. The molecule has 1 aliphatic carbocycles. The molecule has 120 valence electrons. The molecule has 2 N–H and O–H groups in total. The lowest BCUT2D eigenvalue weighted by atomic mass is 9.79. The van der Waals surface area contributed by atoms with Gasteiger partial charge in [-0.2, -0.15) is 5.10 Å². The molecule has 1 aromatic carbocycles. The number of hydrazone groups is 1. The van der Waals surface area contributed by atoms with Crippen molar-refractivity contribution >= 4 is 23.2 Å². The van der Waals surface area contributed by atoms with Crippen molar-refractivity contribution in [2.45, 2.75) is 39.5 Å². The highest BCUT2D eigenvalue weighted by Gasteiger charge is 2.40. The number of nitrogens with zero attached hydrogens (tertiary/aromatic N) is 1. The van der Waals surface area contributed by atoms with Gasteiger partial charge in [-0.1, -0.05) is 26.3 Å². The number of hydrogen-bond donors (Lipinski definition) is 2. The van der Waals surface area contributed by atoms with Crippen LogP contribution in [-0.4, -0.2) is 17.5 Å². The summed E-state index contributed by atoms with van der Waals surface area (Å²) in [6, 6.07) is 6.09. The molecule has 23 heavy (non-hydrogen) atoms. The number of nitrogens with one attached hydrogen (secondary N) is 2. The topological polar surface area (TPSA) is 70.6 Å². The Labute approximate surface area is 135 Å². The molecule has 2 heterocycles. The molecule has 2 unspecified atom stereocenters. The van der Waals surface area contributed by atoms with Crippen LogP contribution in [0.3, 0.4) is 0 Å². The van der Waals surface area contributed by atoms with Crippen molar-refractivity contribution in [1.82, 2.24) is 5.43 Å². The van der Waals surface area contributed by atoms with Crippen molar-refractivity contribution in [2.24, 2.45) is 22.4 Å². The second-order valence-electron chi connectivity index (χ2n) is 7.50. The van der Waals surface area contributed by atoms with Crippen molar-refractivity contribution in [2.75, 3.05) is 5.32 Å². The van der Waals surface area contributed by atoms with Crippen molar-refractivity contribution in [3.63, 3.8) is 0 Å². The molecule has 2 amide bonds. The van der Waals surface area contributed by atoms with Gasteiger partial charge >= 0.3 is 0 Å².